The van der Waals surface area contributed by atoms with Crippen LogP contribution in [0.25, 0.3) is 0 Å². The van der Waals surface area contributed by atoms with Crippen LogP contribution in [-0.4, -0.2) is 57.7 Å². The molecule has 0 saturated carbocycles. The lowest BCUT2D eigenvalue weighted by molar-refractivity contribution is -0.137. The molecule has 2 atom stereocenters. The summed E-state index contributed by atoms with van der Waals surface area (Å²) < 4.78 is 54.4. The monoisotopic (exact) mass is 522 g/mol. The summed E-state index contributed by atoms with van der Waals surface area (Å²) in [6.07, 6.45) is -1.53. The fraction of sp³-hybridized carbons (Fsp3) is 0.391. The number of amides is 1. The second kappa shape index (κ2) is 9.94. The summed E-state index contributed by atoms with van der Waals surface area (Å²) in [5, 5.41) is 11.4. The van der Waals surface area contributed by atoms with Crippen LogP contribution in [-0.2, 0) is 24.1 Å². The predicted molar refractivity (Wildman–Crippen MR) is 123 cm³/mol. The molecule has 4 bridgehead atoms. The number of alkyl halides is 3. The number of hydrogen-bond donors (Lipinski definition) is 1. The molecule has 3 aromatic rings. The molecule has 0 spiro atoms. The van der Waals surface area contributed by atoms with E-state index in [9.17, 15) is 18.0 Å². The molecule has 36 heavy (non-hydrogen) atoms. The molecule has 1 amide bonds. The van der Waals surface area contributed by atoms with Crippen LogP contribution < -0.4 is 15.0 Å². The van der Waals surface area contributed by atoms with Crippen LogP contribution in [0.15, 0.2) is 42.7 Å². The molecule has 190 valence electrons. The van der Waals surface area contributed by atoms with Crippen molar-refractivity contribution in [1.82, 2.24) is 25.3 Å². The van der Waals surface area contributed by atoms with Crippen LogP contribution >= 0.6 is 11.6 Å². The van der Waals surface area contributed by atoms with E-state index < -0.39 is 29.8 Å². The summed E-state index contributed by atoms with van der Waals surface area (Å²) in [4.78, 5) is 18.5. The van der Waals surface area contributed by atoms with Gasteiger partial charge in [-0.15, -0.1) is 5.10 Å². The van der Waals surface area contributed by atoms with Crippen molar-refractivity contribution in [2.24, 2.45) is 0 Å². The number of aryl methyl sites for hydroxylation is 1. The van der Waals surface area contributed by atoms with Crippen LogP contribution in [0.1, 0.15) is 28.0 Å². The maximum atomic E-state index is 13.6. The maximum Gasteiger partial charge on any atom is 0.419 e. The van der Waals surface area contributed by atoms with Gasteiger partial charge in [-0.1, -0.05) is 16.8 Å². The van der Waals surface area contributed by atoms with Crippen LogP contribution in [0.3, 0.4) is 0 Å². The summed E-state index contributed by atoms with van der Waals surface area (Å²) in [5.74, 6) is -0.277. The van der Waals surface area contributed by atoms with Gasteiger partial charge >= 0.3 is 6.18 Å². The number of hydrogen-bond acceptors (Lipinski definition) is 7. The first-order valence-corrected chi connectivity index (χ1v) is 11.7. The van der Waals surface area contributed by atoms with Gasteiger partial charge in [-0.05, 0) is 30.3 Å². The number of aromatic nitrogens is 4. The Morgan fingerprint density at radius 3 is 2.89 bits per heavy atom. The molecule has 13 heteroatoms. The highest BCUT2D eigenvalue weighted by Gasteiger charge is 2.41. The molecular weight excluding hydrogens is 501 g/mol. The third-order valence-electron chi connectivity index (χ3n) is 5.99. The Kier molecular flexibility index (Phi) is 6.71. The molecule has 9 nitrogen and oxygen atoms in total. The average molecular weight is 523 g/mol. The molecule has 1 saturated heterocycles. The number of nitrogens with zero attached hydrogens (tertiary/aromatic N) is 5. The number of carbonyl (C=O) groups is 1. The van der Waals surface area contributed by atoms with Crippen molar-refractivity contribution in [2.75, 3.05) is 24.6 Å². The van der Waals surface area contributed by atoms with E-state index in [2.05, 4.69) is 20.6 Å². The highest BCUT2D eigenvalue weighted by atomic mass is 35.5. The van der Waals surface area contributed by atoms with Gasteiger partial charge in [0, 0.05) is 37.8 Å². The molecule has 0 aliphatic carbocycles. The third kappa shape index (κ3) is 5.24. The molecular formula is C23H22ClF3N6O3. The van der Waals surface area contributed by atoms with Gasteiger partial charge in [0.2, 0.25) is 0 Å². The SMILES string of the molecule is O=C1N[C@H]2CN(c3ncccc3C(F)(F)F)C[C@@H]2OCc2cn(nn2)CCCOc2cc1ccc2Cl. The highest BCUT2D eigenvalue weighted by molar-refractivity contribution is 6.32. The van der Waals surface area contributed by atoms with Gasteiger partial charge in [0.25, 0.3) is 5.91 Å². The standard InChI is InChI=1S/C23H22ClF3N6O3/c24-17-5-4-14-9-19(17)35-8-2-7-33-10-15(30-31-33)13-36-20-12-32(11-18(20)29-22(14)34)21-16(23(25,26)27)3-1-6-28-21/h1,3-6,9-10,18,20H,2,7-8,11-13H2,(H,29,34)/t18-,20-/m0/s1. The molecule has 0 unspecified atom stereocenters. The number of fused-ring (bicyclic) bond motifs is 5. The van der Waals surface area contributed by atoms with Gasteiger partial charge in [-0.3, -0.25) is 9.48 Å². The van der Waals surface area contributed by atoms with Crippen LogP contribution in [0.2, 0.25) is 5.02 Å². The molecule has 0 radical (unpaired) electrons. The smallest absolute Gasteiger partial charge is 0.419 e. The minimum absolute atomic E-state index is 0.0696. The molecule has 1 fully saturated rings. The maximum absolute atomic E-state index is 13.6. The number of rotatable bonds is 1. The van der Waals surface area contributed by atoms with E-state index in [4.69, 9.17) is 21.1 Å². The van der Waals surface area contributed by atoms with Crippen LogP contribution in [0, 0.1) is 0 Å². The van der Waals surface area contributed by atoms with Crippen LogP contribution in [0.4, 0.5) is 19.0 Å². The second-order valence-corrected chi connectivity index (χ2v) is 8.93. The average Bonchev–Trinajstić information content (AvgIpc) is 3.47. The fourth-order valence-electron chi connectivity index (χ4n) is 4.25. The lowest BCUT2D eigenvalue weighted by Crippen LogP contribution is -2.44. The Balaban J connectivity index is 1.45. The van der Waals surface area contributed by atoms with E-state index in [0.29, 0.717) is 41.6 Å². The Bertz CT molecular complexity index is 1250. The number of anilines is 1. The van der Waals surface area contributed by atoms with E-state index >= 15 is 0 Å². The minimum Gasteiger partial charge on any atom is -0.492 e. The zero-order valence-electron chi connectivity index (χ0n) is 18.9. The van der Waals surface area contributed by atoms with Crippen molar-refractivity contribution in [1.29, 1.82) is 0 Å². The molecule has 2 aromatic heterocycles. The zero-order valence-corrected chi connectivity index (χ0v) is 19.7. The Labute approximate surface area is 209 Å². The van der Waals surface area contributed by atoms with Gasteiger partial charge in [0.15, 0.2) is 0 Å². The summed E-state index contributed by atoms with van der Waals surface area (Å²) >= 11 is 6.23. The molecule has 2 aliphatic heterocycles. The van der Waals surface area contributed by atoms with Gasteiger partial charge in [0.1, 0.15) is 17.3 Å². The molecule has 5 rings (SSSR count). The normalized spacial score (nSPS) is 21.0. The highest BCUT2D eigenvalue weighted by Crippen LogP contribution is 2.36. The molecule has 1 N–H and O–H groups in total. The van der Waals surface area contributed by atoms with Crippen molar-refractivity contribution < 1.29 is 27.4 Å². The first-order chi connectivity index (χ1) is 17.3. The van der Waals surface area contributed by atoms with Gasteiger partial charge in [-0.25, -0.2) is 4.98 Å². The van der Waals surface area contributed by atoms with Crippen molar-refractivity contribution in [2.45, 2.75) is 37.9 Å². The summed E-state index contributed by atoms with van der Waals surface area (Å²) in [7, 11) is 0. The first-order valence-electron chi connectivity index (χ1n) is 11.3. The van der Waals surface area contributed by atoms with E-state index in [-0.39, 0.29) is 25.5 Å². The molecule has 2 aliphatic rings. The number of nitrogens with one attached hydrogen (secondary N) is 1. The second-order valence-electron chi connectivity index (χ2n) is 8.53. The predicted octanol–water partition coefficient (Wildman–Crippen LogP) is 3.33. The largest absolute Gasteiger partial charge is 0.492 e. The van der Waals surface area contributed by atoms with E-state index in [1.54, 1.807) is 29.1 Å². The minimum atomic E-state index is -4.58. The van der Waals surface area contributed by atoms with Crippen molar-refractivity contribution in [3.05, 3.63) is 64.6 Å². The lowest BCUT2D eigenvalue weighted by Gasteiger charge is -2.21. The fourth-order valence-corrected chi connectivity index (χ4v) is 4.42. The van der Waals surface area contributed by atoms with E-state index in [1.165, 1.54) is 17.2 Å². The quantitative estimate of drug-likeness (QED) is 0.524. The van der Waals surface area contributed by atoms with Gasteiger partial charge in [0.05, 0.1) is 42.1 Å². The Hall–Kier alpha value is -3.38. The summed E-state index contributed by atoms with van der Waals surface area (Å²) in [6.45, 7) is 1.14. The molecule has 4 heterocycles. The first kappa shape index (κ1) is 24.3. The van der Waals surface area contributed by atoms with Gasteiger partial charge < -0.3 is 19.7 Å². The van der Waals surface area contributed by atoms with E-state index in [0.717, 1.165) is 6.07 Å². The number of halogens is 4. The van der Waals surface area contributed by atoms with Crippen molar-refractivity contribution >= 4 is 23.3 Å². The van der Waals surface area contributed by atoms with Gasteiger partial charge in [-0.2, -0.15) is 13.2 Å². The summed E-state index contributed by atoms with van der Waals surface area (Å²) in [5.41, 5.74) is 0.0224. The Morgan fingerprint density at radius 2 is 2.06 bits per heavy atom. The number of carbonyl (C=O) groups excluding carboxylic acids is 1. The van der Waals surface area contributed by atoms with Crippen molar-refractivity contribution in [3.63, 3.8) is 0 Å². The Morgan fingerprint density at radius 1 is 1.19 bits per heavy atom. The number of pyridine rings is 1. The topological polar surface area (TPSA) is 94.4 Å². The summed E-state index contributed by atoms with van der Waals surface area (Å²) in [6, 6.07) is 6.27. The van der Waals surface area contributed by atoms with E-state index in [1.807, 2.05) is 0 Å². The van der Waals surface area contributed by atoms with Crippen molar-refractivity contribution in [3.8, 4) is 5.75 Å². The zero-order chi connectivity index (χ0) is 25.3. The van der Waals surface area contributed by atoms with Crippen LogP contribution in [0.5, 0.6) is 5.75 Å². The molecule has 1 aromatic carbocycles. The third-order valence-corrected chi connectivity index (χ3v) is 6.30. The lowest BCUT2D eigenvalue weighted by atomic mass is 10.1. The number of benzene rings is 1. The number of ether oxygens (including phenoxy) is 2.